The van der Waals surface area contributed by atoms with Crippen LogP contribution in [-0.2, 0) is 6.42 Å². The van der Waals surface area contributed by atoms with E-state index in [1.165, 1.54) is 15.9 Å². The first-order chi connectivity index (χ1) is 16.7. The summed E-state index contributed by atoms with van der Waals surface area (Å²) >= 11 is 1.34. The summed E-state index contributed by atoms with van der Waals surface area (Å²) in [5.41, 5.74) is 4.56. The van der Waals surface area contributed by atoms with Crippen LogP contribution in [0, 0.1) is 0 Å². The molecule has 0 aliphatic carbocycles. The van der Waals surface area contributed by atoms with Crippen molar-refractivity contribution >= 4 is 22.4 Å². The maximum absolute atomic E-state index is 13.1. The van der Waals surface area contributed by atoms with Gasteiger partial charge in [0.05, 0.1) is 15.9 Å². The number of benzene rings is 3. The molecule has 0 atom stereocenters. The number of nitrogens with zero attached hydrogens (tertiary/aromatic N) is 5. The average Bonchev–Trinajstić information content (AvgIpc) is 3.56. The van der Waals surface area contributed by atoms with E-state index in [0.29, 0.717) is 21.7 Å². The Kier molecular flexibility index (Phi) is 5.08. The standard InChI is InChI=1S/C27H19N5OS/c33-26-23(34-27-28-24(29-32(26)27)16-19-10-4-1-5-11-19)17-21-18-31(22-14-8-3-9-15-22)30-25(21)20-12-6-2-7-13-20/h1-15,17-18H,16H2/b23-17-. The molecule has 34 heavy (non-hydrogen) atoms. The third-order valence-electron chi connectivity index (χ3n) is 5.53. The lowest BCUT2D eigenvalue weighted by Gasteiger charge is -2.00. The van der Waals surface area contributed by atoms with Crippen molar-refractivity contribution in [1.29, 1.82) is 0 Å². The van der Waals surface area contributed by atoms with Crippen LogP contribution in [0.15, 0.2) is 102 Å². The zero-order valence-electron chi connectivity index (χ0n) is 18.1. The number of fused-ring (bicyclic) bond motifs is 1. The molecule has 0 bridgehead atoms. The van der Waals surface area contributed by atoms with Crippen molar-refractivity contribution in [1.82, 2.24) is 24.4 Å². The van der Waals surface area contributed by atoms with Crippen LogP contribution in [-0.4, -0.2) is 24.4 Å². The second-order valence-electron chi connectivity index (χ2n) is 7.88. The van der Waals surface area contributed by atoms with E-state index in [9.17, 15) is 4.79 Å². The van der Waals surface area contributed by atoms with Gasteiger partial charge in [0.15, 0.2) is 5.82 Å². The fourth-order valence-corrected chi connectivity index (χ4v) is 4.81. The molecule has 0 fully saturated rings. The predicted molar refractivity (Wildman–Crippen MR) is 134 cm³/mol. The molecule has 7 heteroatoms. The highest BCUT2D eigenvalue weighted by molar-refractivity contribution is 7.15. The normalized spacial score (nSPS) is 11.9. The van der Waals surface area contributed by atoms with Gasteiger partial charge in [-0.05, 0) is 23.8 Å². The van der Waals surface area contributed by atoms with Gasteiger partial charge in [-0.15, -0.1) is 5.10 Å². The second-order valence-corrected chi connectivity index (χ2v) is 8.89. The molecule has 3 aromatic carbocycles. The molecule has 0 spiro atoms. The highest BCUT2D eigenvalue weighted by atomic mass is 32.1. The first-order valence-corrected chi connectivity index (χ1v) is 11.7. The number of hydrogen-bond donors (Lipinski definition) is 0. The van der Waals surface area contributed by atoms with Crippen molar-refractivity contribution in [2.45, 2.75) is 6.42 Å². The van der Waals surface area contributed by atoms with E-state index in [4.69, 9.17) is 5.10 Å². The zero-order chi connectivity index (χ0) is 22.9. The summed E-state index contributed by atoms with van der Waals surface area (Å²) in [5, 5.41) is 9.29. The largest absolute Gasteiger partial charge is 0.291 e. The fraction of sp³-hybridized carbons (Fsp3) is 0.0370. The Hall–Kier alpha value is -4.36. The number of rotatable bonds is 5. The van der Waals surface area contributed by atoms with Crippen LogP contribution in [0.4, 0.5) is 0 Å². The lowest BCUT2D eigenvalue weighted by atomic mass is 10.1. The molecule has 164 valence electrons. The number of aromatic nitrogens is 5. The molecule has 3 heterocycles. The zero-order valence-corrected chi connectivity index (χ0v) is 18.9. The molecule has 0 unspecified atom stereocenters. The number of hydrogen-bond acceptors (Lipinski definition) is 5. The van der Waals surface area contributed by atoms with E-state index in [0.717, 1.165) is 28.1 Å². The van der Waals surface area contributed by atoms with Gasteiger partial charge < -0.3 is 0 Å². The molecule has 0 saturated heterocycles. The molecule has 0 saturated carbocycles. The predicted octanol–water partition coefficient (Wildman–Crippen LogP) is 4.14. The highest BCUT2D eigenvalue weighted by Gasteiger charge is 2.14. The van der Waals surface area contributed by atoms with Gasteiger partial charge in [0.2, 0.25) is 4.96 Å². The van der Waals surface area contributed by atoms with Crippen molar-refractivity contribution in [3.63, 3.8) is 0 Å². The van der Waals surface area contributed by atoms with E-state index < -0.39 is 0 Å². The topological polar surface area (TPSA) is 65.1 Å². The Labute approximate surface area is 199 Å². The van der Waals surface area contributed by atoms with Crippen LogP contribution in [0.5, 0.6) is 0 Å². The number of thiazole rings is 1. The van der Waals surface area contributed by atoms with Crippen molar-refractivity contribution in [3.8, 4) is 16.9 Å². The van der Waals surface area contributed by atoms with Crippen molar-refractivity contribution in [2.75, 3.05) is 0 Å². The van der Waals surface area contributed by atoms with Crippen molar-refractivity contribution in [2.24, 2.45) is 0 Å². The first kappa shape index (κ1) is 20.3. The van der Waals surface area contributed by atoms with Crippen molar-refractivity contribution < 1.29 is 0 Å². The van der Waals surface area contributed by atoms with Crippen LogP contribution in [0.2, 0.25) is 0 Å². The van der Waals surface area contributed by atoms with E-state index in [1.54, 1.807) is 0 Å². The Morgan fingerprint density at radius 2 is 1.50 bits per heavy atom. The van der Waals surface area contributed by atoms with Crippen LogP contribution in [0.3, 0.4) is 0 Å². The Balaban J connectivity index is 1.44. The molecule has 6 nitrogen and oxygen atoms in total. The van der Waals surface area contributed by atoms with Gasteiger partial charge in [0.1, 0.15) is 0 Å². The van der Waals surface area contributed by atoms with Gasteiger partial charge in [-0.2, -0.15) is 9.61 Å². The summed E-state index contributed by atoms with van der Waals surface area (Å²) in [6.07, 6.45) is 4.43. The van der Waals surface area contributed by atoms with Gasteiger partial charge in [0, 0.05) is 23.7 Å². The van der Waals surface area contributed by atoms with Gasteiger partial charge in [-0.1, -0.05) is 90.2 Å². The molecule has 3 aromatic heterocycles. The smallest absolute Gasteiger partial charge is 0.266 e. The third kappa shape index (κ3) is 3.82. The summed E-state index contributed by atoms with van der Waals surface area (Å²) in [7, 11) is 0. The summed E-state index contributed by atoms with van der Waals surface area (Å²) in [6.45, 7) is 0. The van der Waals surface area contributed by atoms with Gasteiger partial charge in [-0.3, -0.25) is 4.79 Å². The van der Waals surface area contributed by atoms with Crippen LogP contribution < -0.4 is 10.1 Å². The van der Waals surface area contributed by atoms with Gasteiger partial charge >= 0.3 is 0 Å². The molecule has 0 amide bonds. The first-order valence-electron chi connectivity index (χ1n) is 10.9. The van der Waals surface area contributed by atoms with Crippen LogP contribution in [0.1, 0.15) is 17.0 Å². The molecular formula is C27H19N5OS. The maximum Gasteiger partial charge on any atom is 0.291 e. The molecular weight excluding hydrogens is 442 g/mol. The molecule has 0 N–H and O–H groups in total. The molecule has 6 aromatic rings. The summed E-state index contributed by atoms with van der Waals surface area (Å²) < 4.78 is 3.82. The Morgan fingerprint density at radius 3 is 2.21 bits per heavy atom. The Morgan fingerprint density at radius 1 is 0.824 bits per heavy atom. The summed E-state index contributed by atoms with van der Waals surface area (Å²) in [4.78, 5) is 18.3. The molecule has 0 aliphatic rings. The minimum absolute atomic E-state index is 0.168. The van der Waals surface area contributed by atoms with Crippen LogP contribution in [0.25, 0.3) is 28.0 Å². The average molecular weight is 462 g/mol. The van der Waals surface area contributed by atoms with Crippen LogP contribution >= 0.6 is 11.3 Å². The molecule has 6 rings (SSSR count). The summed E-state index contributed by atoms with van der Waals surface area (Å²) in [5.74, 6) is 0.642. The van der Waals surface area contributed by atoms with Gasteiger partial charge in [-0.25, -0.2) is 9.67 Å². The number of para-hydroxylation sites is 1. The van der Waals surface area contributed by atoms with E-state index in [1.807, 2.05) is 108 Å². The lowest BCUT2D eigenvalue weighted by molar-refractivity contribution is 0.878. The lowest BCUT2D eigenvalue weighted by Crippen LogP contribution is -2.23. The third-order valence-corrected chi connectivity index (χ3v) is 6.49. The molecule has 0 radical (unpaired) electrons. The highest BCUT2D eigenvalue weighted by Crippen LogP contribution is 2.24. The quantitative estimate of drug-likeness (QED) is 0.387. The minimum atomic E-state index is -0.168. The minimum Gasteiger partial charge on any atom is -0.266 e. The van der Waals surface area contributed by atoms with E-state index in [-0.39, 0.29) is 5.56 Å². The van der Waals surface area contributed by atoms with Crippen molar-refractivity contribution in [3.05, 3.63) is 129 Å². The molecule has 0 aliphatic heterocycles. The maximum atomic E-state index is 13.1. The van der Waals surface area contributed by atoms with Gasteiger partial charge in [0.25, 0.3) is 5.56 Å². The van der Waals surface area contributed by atoms with E-state index in [2.05, 4.69) is 10.1 Å². The summed E-state index contributed by atoms with van der Waals surface area (Å²) in [6, 6.07) is 29.9. The SMILES string of the molecule is O=c1/c(=C/c2cn(-c3ccccc3)nc2-c2ccccc2)sc2nc(Cc3ccccc3)nn12. The Bertz CT molecular complexity index is 1690. The van der Waals surface area contributed by atoms with E-state index >= 15 is 0 Å². The monoisotopic (exact) mass is 461 g/mol. The second kappa shape index (κ2) is 8.53. The fourth-order valence-electron chi connectivity index (χ4n) is 3.90.